The summed E-state index contributed by atoms with van der Waals surface area (Å²) in [6.07, 6.45) is 1.71. The summed E-state index contributed by atoms with van der Waals surface area (Å²) in [5.41, 5.74) is 1.58. The van der Waals surface area contributed by atoms with Crippen LogP contribution in [0.3, 0.4) is 0 Å². The van der Waals surface area contributed by atoms with Crippen LogP contribution in [0.4, 0.5) is 0 Å². The Hall–Kier alpha value is -3.02. The monoisotopic (exact) mass is 340 g/mol. The van der Waals surface area contributed by atoms with E-state index in [-0.39, 0.29) is 12.1 Å². The van der Waals surface area contributed by atoms with Gasteiger partial charge in [0.1, 0.15) is 0 Å². The smallest absolute Gasteiger partial charge is 0.275 e. The fourth-order valence-corrected chi connectivity index (χ4v) is 2.97. The number of aryl methyl sites for hydroxylation is 1. The molecule has 130 valence electrons. The minimum absolute atomic E-state index is 0.132. The number of rotatable bonds is 5. The van der Waals surface area contributed by atoms with Gasteiger partial charge < -0.3 is 14.2 Å². The SMILES string of the molecule is COc1ccc(Cn2ncc3cccc(C)c3c2=O)c(OC)c1OC. The zero-order chi connectivity index (χ0) is 18.0. The average molecular weight is 340 g/mol. The number of nitrogens with zero attached hydrogens (tertiary/aromatic N) is 2. The second-order valence-corrected chi connectivity index (χ2v) is 5.64. The van der Waals surface area contributed by atoms with Gasteiger partial charge >= 0.3 is 0 Å². The molecule has 2 aromatic carbocycles. The Balaban J connectivity index is 2.12. The van der Waals surface area contributed by atoms with Gasteiger partial charge in [0.05, 0.1) is 39.5 Å². The molecule has 3 aromatic rings. The minimum Gasteiger partial charge on any atom is -0.493 e. The molecule has 25 heavy (non-hydrogen) atoms. The molecular formula is C19H20N2O4. The van der Waals surface area contributed by atoms with Crippen molar-refractivity contribution in [3.05, 3.63) is 58.0 Å². The van der Waals surface area contributed by atoms with Gasteiger partial charge in [0.2, 0.25) is 5.75 Å². The van der Waals surface area contributed by atoms with Crippen molar-refractivity contribution in [1.29, 1.82) is 0 Å². The standard InChI is InChI=1S/C19H20N2O4/c1-12-6-5-7-13-10-20-21(19(22)16(12)13)11-14-8-9-15(23-2)18(25-4)17(14)24-3/h5-10H,11H2,1-4H3. The second kappa shape index (κ2) is 6.84. The molecule has 0 saturated carbocycles. The highest BCUT2D eigenvalue weighted by atomic mass is 16.5. The van der Waals surface area contributed by atoms with E-state index in [1.807, 2.05) is 31.2 Å². The zero-order valence-corrected chi connectivity index (χ0v) is 14.7. The number of fused-ring (bicyclic) bond motifs is 1. The molecule has 0 aliphatic rings. The summed E-state index contributed by atoms with van der Waals surface area (Å²) < 4.78 is 17.6. The quantitative estimate of drug-likeness (QED) is 0.715. The summed E-state index contributed by atoms with van der Waals surface area (Å²) in [4.78, 5) is 12.8. The lowest BCUT2D eigenvalue weighted by Crippen LogP contribution is -2.24. The predicted molar refractivity (Wildman–Crippen MR) is 95.9 cm³/mol. The van der Waals surface area contributed by atoms with E-state index in [0.717, 1.165) is 16.5 Å². The Bertz CT molecular complexity index is 979. The zero-order valence-electron chi connectivity index (χ0n) is 14.7. The molecule has 0 radical (unpaired) electrons. The topological polar surface area (TPSA) is 62.6 Å². The maximum atomic E-state index is 12.8. The van der Waals surface area contributed by atoms with E-state index in [9.17, 15) is 4.79 Å². The van der Waals surface area contributed by atoms with Crippen molar-refractivity contribution in [3.8, 4) is 17.2 Å². The van der Waals surface area contributed by atoms with Gasteiger partial charge in [0.15, 0.2) is 11.5 Å². The number of methoxy groups -OCH3 is 3. The Kier molecular flexibility index (Phi) is 4.61. The van der Waals surface area contributed by atoms with E-state index >= 15 is 0 Å². The van der Waals surface area contributed by atoms with Gasteiger partial charge in [0, 0.05) is 10.9 Å². The fourth-order valence-electron chi connectivity index (χ4n) is 2.97. The number of benzene rings is 2. The molecule has 0 N–H and O–H groups in total. The lowest BCUT2D eigenvalue weighted by atomic mass is 10.1. The average Bonchev–Trinajstić information content (AvgIpc) is 2.63. The van der Waals surface area contributed by atoms with Gasteiger partial charge in [-0.2, -0.15) is 5.10 Å². The third-order valence-corrected chi connectivity index (χ3v) is 4.20. The predicted octanol–water partition coefficient (Wildman–Crippen LogP) is 2.78. The van der Waals surface area contributed by atoms with Gasteiger partial charge in [-0.25, -0.2) is 4.68 Å². The van der Waals surface area contributed by atoms with Gasteiger partial charge in [0.25, 0.3) is 5.56 Å². The summed E-state index contributed by atoms with van der Waals surface area (Å²) >= 11 is 0. The Morgan fingerprint density at radius 1 is 1.00 bits per heavy atom. The summed E-state index contributed by atoms with van der Waals surface area (Å²) in [6.45, 7) is 2.19. The van der Waals surface area contributed by atoms with Crippen molar-refractivity contribution in [2.24, 2.45) is 0 Å². The Labute approximate surface area is 145 Å². The normalized spacial score (nSPS) is 10.7. The molecule has 0 aliphatic carbocycles. The molecule has 6 heteroatoms. The van der Waals surface area contributed by atoms with Gasteiger partial charge in [-0.3, -0.25) is 4.79 Å². The van der Waals surface area contributed by atoms with E-state index < -0.39 is 0 Å². The van der Waals surface area contributed by atoms with Crippen LogP contribution in [0.1, 0.15) is 11.1 Å². The Morgan fingerprint density at radius 2 is 1.76 bits per heavy atom. The number of hydrogen-bond acceptors (Lipinski definition) is 5. The van der Waals surface area contributed by atoms with Crippen LogP contribution in [0.25, 0.3) is 10.8 Å². The van der Waals surface area contributed by atoms with Crippen LogP contribution in [0.5, 0.6) is 17.2 Å². The van der Waals surface area contributed by atoms with Crippen molar-refractivity contribution in [2.45, 2.75) is 13.5 Å². The third-order valence-electron chi connectivity index (χ3n) is 4.20. The molecule has 0 aliphatic heterocycles. The van der Waals surface area contributed by atoms with Gasteiger partial charge in [-0.15, -0.1) is 0 Å². The van der Waals surface area contributed by atoms with Gasteiger partial charge in [-0.05, 0) is 24.6 Å². The van der Waals surface area contributed by atoms with Crippen molar-refractivity contribution < 1.29 is 14.2 Å². The molecule has 0 amide bonds. The fraction of sp³-hybridized carbons (Fsp3) is 0.263. The van der Waals surface area contributed by atoms with Crippen molar-refractivity contribution in [3.63, 3.8) is 0 Å². The summed E-state index contributed by atoms with van der Waals surface area (Å²) in [5.74, 6) is 1.59. The summed E-state index contributed by atoms with van der Waals surface area (Å²) in [5, 5.41) is 5.80. The van der Waals surface area contributed by atoms with Crippen molar-refractivity contribution in [2.75, 3.05) is 21.3 Å². The minimum atomic E-state index is -0.132. The largest absolute Gasteiger partial charge is 0.493 e. The molecule has 6 nitrogen and oxygen atoms in total. The third kappa shape index (κ3) is 2.91. The van der Waals surface area contributed by atoms with Crippen molar-refractivity contribution in [1.82, 2.24) is 9.78 Å². The highest BCUT2D eigenvalue weighted by molar-refractivity contribution is 5.83. The molecule has 1 aromatic heterocycles. The Morgan fingerprint density at radius 3 is 2.44 bits per heavy atom. The van der Waals surface area contributed by atoms with Crippen LogP contribution in [-0.4, -0.2) is 31.1 Å². The first-order valence-corrected chi connectivity index (χ1v) is 7.84. The van der Waals surface area contributed by atoms with Crippen LogP contribution in [-0.2, 0) is 6.54 Å². The van der Waals surface area contributed by atoms with Crippen LogP contribution < -0.4 is 19.8 Å². The molecule has 0 atom stereocenters. The number of hydrogen-bond donors (Lipinski definition) is 0. The molecule has 0 saturated heterocycles. The van der Waals surface area contributed by atoms with E-state index in [2.05, 4.69) is 5.10 Å². The molecule has 3 rings (SSSR count). The highest BCUT2D eigenvalue weighted by Gasteiger charge is 2.17. The van der Waals surface area contributed by atoms with Crippen LogP contribution >= 0.6 is 0 Å². The van der Waals surface area contributed by atoms with Crippen LogP contribution in [0.2, 0.25) is 0 Å². The summed E-state index contributed by atoms with van der Waals surface area (Å²) in [7, 11) is 4.67. The van der Waals surface area contributed by atoms with Crippen LogP contribution in [0.15, 0.2) is 41.3 Å². The molecule has 0 unspecified atom stereocenters. The first kappa shape index (κ1) is 16.8. The highest BCUT2D eigenvalue weighted by Crippen LogP contribution is 2.39. The summed E-state index contributed by atoms with van der Waals surface area (Å²) in [6, 6.07) is 9.36. The number of aromatic nitrogens is 2. The van der Waals surface area contributed by atoms with Crippen LogP contribution in [0, 0.1) is 6.92 Å². The molecule has 1 heterocycles. The van der Waals surface area contributed by atoms with Gasteiger partial charge in [-0.1, -0.05) is 18.2 Å². The van der Waals surface area contributed by atoms with Crippen molar-refractivity contribution >= 4 is 10.8 Å². The maximum absolute atomic E-state index is 12.8. The lowest BCUT2D eigenvalue weighted by Gasteiger charge is -2.16. The molecule has 0 fully saturated rings. The first-order chi connectivity index (χ1) is 12.1. The molecular weight excluding hydrogens is 320 g/mol. The second-order valence-electron chi connectivity index (χ2n) is 5.64. The lowest BCUT2D eigenvalue weighted by molar-refractivity contribution is 0.321. The van der Waals surface area contributed by atoms with E-state index in [4.69, 9.17) is 14.2 Å². The maximum Gasteiger partial charge on any atom is 0.275 e. The first-order valence-electron chi connectivity index (χ1n) is 7.84. The van der Waals surface area contributed by atoms with E-state index in [1.54, 1.807) is 33.6 Å². The molecule has 0 bridgehead atoms. The molecule has 0 spiro atoms. The number of ether oxygens (including phenoxy) is 3. The van der Waals surface area contributed by atoms with E-state index in [1.165, 1.54) is 4.68 Å². The van der Waals surface area contributed by atoms with E-state index in [0.29, 0.717) is 22.6 Å².